The first kappa shape index (κ1) is 14.8. The van der Waals surface area contributed by atoms with E-state index in [4.69, 9.17) is 0 Å². The van der Waals surface area contributed by atoms with Crippen LogP contribution in [0.1, 0.15) is 36.0 Å². The van der Waals surface area contributed by atoms with E-state index in [1.807, 2.05) is 13.8 Å². The average Bonchev–Trinajstić information content (AvgIpc) is 3.16. The highest BCUT2D eigenvalue weighted by Gasteiger charge is 2.27. The first-order valence-electron chi connectivity index (χ1n) is 7.17. The number of thiophene rings is 1. The van der Waals surface area contributed by atoms with Gasteiger partial charge < -0.3 is 5.32 Å². The smallest absolute Gasteiger partial charge is 0.233 e. The number of hydrogen-bond acceptors (Lipinski definition) is 5. The fourth-order valence-corrected chi connectivity index (χ4v) is 4.37. The molecular weight excluding hydrogens is 302 g/mol. The molecule has 0 bridgehead atoms. The summed E-state index contributed by atoms with van der Waals surface area (Å²) in [6.45, 7) is 8.06. The summed E-state index contributed by atoms with van der Waals surface area (Å²) in [6, 6.07) is 0.401. The molecule has 1 saturated carbocycles. The van der Waals surface area contributed by atoms with Crippen molar-refractivity contribution in [2.75, 3.05) is 0 Å². The molecule has 0 unspecified atom stereocenters. The van der Waals surface area contributed by atoms with Crippen molar-refractivity contribution in [2.24, 2.45) is 0 Å². The Labute approximate surface area is 132 Å². The maximum absolute atomic E-state index is 12.1. The number of thioether (sulfide) groups is 1. The summed E-state index contributed by atoms with van der Waals surface area (Å²) in [4.78, 5) is 23.5. The minimum absolute atomic E-state index is 0.108. The number of carbonyl (C=O) groups excluding carboxylic acids is 1. The second-order valence-corrected chi connectivity index (χ2v) is 8.12. The molecule has 21 heavy (non-hydrogen) atoms. The number of amides is 1. The van der Waals surface area contributed by atoms with Crippen molar-refractivity contribution < 1.29 is 4.79 Å². The standard InChI is InChI=1S/C15H19N3OS2/c1-7-8(2)20-14-12(7)15(17-10(4)16-14)21-9(3)13(19)18-11-5-6-11/h9,11H,5-6H2,1-4H3,(H,18,19)/t9-/m0/s1. The van der Waals surface area contributed by atoms with E-state index in [0.29, 0.717) is 6.04 Å². The van der Waals surface area contributed by atoms with E-state index in [1.165, 1.54) is 22.2 Å². The molecule has 1 aliphatic rings. The molecule has 4 nitrogen and oxygen atoms in total. The van der Waals surface area contributed by atoms with Gasteiger partial charge in [-0.05, 0) is 46.1 Å². The molecule has 1 aliphatic carbocycles. The summed E-state index contributed by atoms with van der Waals surface area (Å²) in [5, 5.41) is 4.96. The summed E-state index contributed by atoms with van der Waals surface area (Å²) in [7, 11) is 0. The number of nitrogens with one attached hydrogen (secondary N) is 1. The molecule has 2 aromatic rings. The van der Waals surface area contributed by atoms with E-state index in [2.05, 4.69) is 29.1 Å². The van der Waals surface area contributed by atoms with Gasteiger partial charge in [-0.15, -0.1) is 11.3 Å². The van der Waals surface area contributed by atoms with Gasteiger partial charge in [0.15, 0.2) is 0 Å². The normalized spacial score (nSPS) is 16.2. The van der Waals surface area contributed by atoms with Crippen LogP contribution in [0.3, 0.4) is 0 Å². The van der Waals surface area contributed by atoms with Gasteiger partial charge in [0.25, 0.3) is 0 Å². The molecular formula is C15H19N3OS2. The Morgan fingerprint density at radius 1 is 1.33 bits per heavy atom. The van der Waals surface area contributed by atoms with Crippen LogP contribution in [0.15, 0.2) is 5.03 Å². The van der Waals surface area contributed by atoms with Crippen molar-refractivity contribution in [1.82, 2.24) is 15.3 Å². The predicted molar refractivity (Wildman–Crippen MR) is 88.1 cm³/mol. The van der Waals surface area contributed by atoms with Gasteiger partial charge in [0.2, 0.25) is 5.91 Å². The molecule has 1 fully saturated rings. The lowest BCUT2D eigenvalue weighted by Crippen LogP contribution is -2.32. The van der Waals surface area contributed by atoms with E-state index in [9.17, 15) is 4.79 Å². The lowest BCUT2D eigenvalue weighted by atomic mass is 10.2. The van der Waals surface area contributed by atoms with Gasteiger partial charge >= 0.3 is 0 Å². The van der Waals surface area contributed by atoms with E-state index < -0.39 is 0 Å². The molecule has 0 spiro atoms. The van der Waals surface area contributed by atoms with Crippen LogP contribution >= 0.6 is 23.1 Å². The highest BCUT2D eigenvalue weighted by molar-refractivity contribution is 8.00. The molecule has 0 aromatic carbocycles. The third kappa shape index (κ3) is 3.06. The summed E-state index contributed by atoms with van der Waals surface area (Å²) in [5.41, 5.74) is 1.23. The van der Waals surface area contributed by atoms with Crippen LogP contribution in [-0.2, 0) is 4.79 Å². The zero-order valence-electron chi connectivity index (χ0n) is 12.7. The quantitative estimate of drug-likeness (QED) is 0.693. The highest BCUT2D eigenvalue weighted by Crippen LogP contribution is 2.36. The Morgan fingerprint density at radius 2 is 2.05 bits per heavy atom. The minimum atomic E-state index is -0.136. The van der Waals surface area contributed by atoms with E-state index in [1.54, 1.807) is 11.3 Å². The monoisotopic (exact) mass is 321 g/mol. The third-order valence-corrected chi connectivity index (χ3v) is 5.88. The molecule has 1 amide bonds. The van der Waals surface area contributed by atoms with Gasteiger partial charge in [-0.1, -0.05) is 11.8 Å². The fourth-order valence-electron chi connectivity index (χ4n) is 2.17. The van der Waals surface area contributed by atoms with Crippen LogP contribution in [0, 0.1) is 20.8 Å². The summed E-state index contributed by atoms with van der Waals surface area (Å²) in [5.74, 6) is 0.873. The first-order valence-corrected chi connectivity index (χ1v) is 8.86. The highest BCUT2D eigenvalue weighted by atomic mass is 32.2. The van der Waals surface area contributed by atoms with Crippen LogP contribution in [0.2, 0.25) is 0 Å². The van der Waals surface area contributed by atoms with Crippen molar-refractivity contribution >= 4 is 39.2 Å². The Hall–Kier alpha value is -1.14. The minimum Gasteiger partial charge on any atom is -0.352 e. The number of nitrogens with zero attached hydrogens (tertiary/aromatic N) is 2. The number of fused-ring (bicyclic) bond motifs is 1. The molecule has 3 rings (SSSR count). The second-order valence-electron chi connectivity index (χ2n) is 5.58. The van der Waals surface area contributed by atoms with Crippen LogP contribution < -0.4 is 5.32 Å². The van der Waals surface area contributed by atoms with Gasteiger partial charge in [-0.3, -0.25) is 4.79 Å². The largest absolute Gasteiger partial charge is 0.352 e. The van der Waals surface area contributed by atoms with Crippen molar-refractivity contribution in [3.05, 3.63) is 16.3 Å². The molecule has 1 atom stereocenters. The van der Waals surface area contributed by atoms with Gasteiger partial charge in [0, 0.05) is 16.3 Å². The molecule has 0 saturated heterocycles. The Kier molecular flexibility index (Phi) is 3.92. The topological polar surface area (TPSA) is 54.9 Å². The van der Waals surface area contributed by atoms with Gasteiger partial charge in [0.05, 0.1) is 5.25 Å². The average molecular weight is 321 g/mol. The predicted octanol–water partition coefficient (Wildman–Crippen LogP) is 3.38. The molecule has 6 heteroatoms. The Balaban J connectivity index is 1.90. The molecule has 2 aromatic heterocycles. The zero-order chi connectivity index (χ0) is 15.1. The maximum atomic E-state index is 12.1. The van der Waals surface area contributed by atoms with Gasteiger partial charge in [-0.25, -0.2) is 9.97 Å². The molecule has 2 heterocycles. The van der Waals surface area contributed by atoms with Crippen molar-refractivity contribution in [2.45, 2.75) is 56.9 Å². The van der Waals surface area contributed by atoms with Crippen LogP contribution in [-0.4, -0.2) is 27.2 Å². The number of hydrogen-bond donors (Lipinski definition) is 1. The Morgan fingerprint density at radius 3 is 2.71 bits per heavy atom. The zero-order valence-corrected chi connectivity index (χ0v) is 14.3. The summed E-state index contributed by atoms with van der Waals surface area (Å²) < 4.78 is 0. The van der Waals surface area contributed by atoms with E-state index >= 15 is 0 Å². The lowest BCUT2D eigenvalue weighted by Gasteiger charge is -2.12. The molecule has 112 valence electrons. The maximum Gasteiger partial charge on any atom is 0.233 e. The van der Waals surface area contributed by atoms with Crippen LogP contribution in [0.25, 0.3) is 10.2 Å². The number of rotatable bonds is 4. The fraction of sp³-hybridized carbons (Fsp3) is 0.533. The summed E-state index contributed by atoms with van der Waals surface area (Å²) in [6.07, 6.45) is 2.23. The van der Waals surface area contributed by atoms with Gasteiger partial charge in [0.1, 0.15) is 15.7 Å². The molecule has 0 aliphatic heterocycles. The van der Waals surface area contributed by atoms with Crippen LogP contribution in [0.5, 0.6) is 0 Å². The summed E-state index contributed by atoms with van der Waals surface area (Å²) >= 11 is 3.23. The second kappa shape index (κ2) is 5.57. The molecule has 1 N–H and O–H groups in total. The van der Waals surface area contributed by atoms with Gasteiger partial charge in [-0.2, -0.15) is 0 Å². The van der Waals surface area contributed by atoms with E-state index in [0.717, 1.165) is 33.9 Å². The number of aromatic nitrogens is 2. The SMILES string of the molecule is Cc1nc(S[C@@H](C)C(=O)NC2CC2)c2c(C)c(C)sc2n1. The van der Waals surface area contributed by atoms with E-state index in [-0.39, 0.29) is 11.2 Å². The first-order chi connectivity index (χ1) is 9.95. The molecule has 0 radical (unpaired) electrons. The number of carbonyl (C=O) groups is 1. The Bertz CT molecular complexity index is 706. The third-order valence-electron chi connectivity index (χ3n) is 3.69. The van der Waals surface area contributed by atoms with Crippen LogP contribution in [0.4, 0.5) is 0 Å². The number of aryl methyl sites for hydroxylation is 3. The van der Waals surface area contributed by atoms with Crippen molar-refractivity contribution in [3.8, 4) is 0 Å². The van der Waals surface area contributed by atoms with Crippen molar-refractivity contribution in [3.63, 3.8) is 0 Å². The van der Waals surface area contributed by atoms with Crippen molar-refractivity contribution in [1.29, 1.82) is 0 Å². The lowest BCUT2D eigenvalue weighted by molar-refractivity contribution is -0.120.